The van der Waals surface area contributed by atoms with Crippen molar-refractivity contribution in [3.63, 3.8) is 0 Å². The van der Waals surface area contributed by atoms with Crippen molar-refractivity contribution in [1.82, 2.24) is 4.57 Å². The number of hydrogen-bond donors (Lipinski definition) is 2. The Labute approximate surface area is 180 Å². The molecule has 0 aliphatic carbocycles. The Kier molecular flexibility index (Phi) is 7.15. The van der Waals surface area contributed by atoms with E-state index in [4.69, 9.17) is 5.26 Å². The van der Waals surface area contributed by atoms with Crippen molar-refractivity contribution in [1.29, 1.82) is 5.26 Å². The second kappa shape index (κ2) is 9.24. The lowest BCUT2D eigenvalue weighted by atomic mass is 9.97. The van der Waals surface area contributed by atoms with Crippen molar-refractivity contribution in [3.05, 3.63) is 59.7 Å². The van der Waals surface area contributed by atoms with Gasteiger partial charge in [0, 0.05) is 31.2 Å². The van der Waals surface area contributed by atoms with E-state index in [9.17, 15) is 22.7 Å². The summed E-state index contributed by atoms with van der Waals surface area (Å²) in [6.45, 7) is 8.22. The van der Waals surface area contributed by atoms with Gasteiger partial charge in [-0.05, 0) is 44.4 Å². The minimum atomic E-state index is -4.09. The van der Waals surface area contributed by atoms with Gasteiger partial charge in [0.25, 0.3) is 15.9 Å². The van der Waals surface area contributed by atoms with Crippen LogP contribution in [0.15, 0.2) is 46.3 Å². The van der Waals surface area contributed by atoms with E-state index in [1.54, 1.807) is 13.0 Å². The Morgan fingerprint density at radius 1 is 1.48 bits per heavy atom. The fourth-order valence-corrected chi connectivity index (χ4v) is 4.02. The summed E-state index contributed by atoms with van der Waals surface area (Å²) in [5, 5.41) is 21.6. The highest BCUT2D eigenvalue weighted by Crippen LogP contribution is 2.27. The molecule has 1 amide bonds. The molecule has 1 aromatic heterocycles. The van der Waals surface area contributed by atoms with Gasteiger partial charge in [-0.25, -0.2) is 4.39 Å². The lowest BCUT2D eigenvalue weighted by Gasteiger charge is -2.18. The van der Waals surface area contributed by atoms with Gasteiger partial charge in [-0.1, -0.05) is 6.08 Å². The first-order valence-electron chi connectivity index (χ1n) is 9.24. The smallest absolute Gasteiger partial charge is 0.283 e. The van der Waals surface area contributed by atoms with Gasteiger partial charge in [0.05, 0.1) is 11.2 Å². The Balaban J connectivity index is 2.45. The van der Waals surface area contributed by atoms with Gasteiger partial charge in [0.15, 0.2) is 0 Å². The molecule has 0 saturated carbocycles. The predicted molar refractivity (Wildman–Crippen MR) is 115 cm³/mol. The zero-order valence-electron chi connectivity index (χ0n) is 17.2. The summed E-state index contributed by atoms with van der Waals surface area (Å²) >= 11 is 0. The number of nitrogens with zero attached hydrogens (tertiary/aromatic N) is 3. The van der Waals surface area contributed by atoms with Crippen LogP contribution in [0.2, 0.25) is 0 Å². The van der Waals surface area contributed by atoms with E-state index in [-0.39, 0.29) is 40.2 Å². The number of nitrogens with one attached hydrogen (secondary N) is 1. The molecule has 2 aromatic rings. The molecule has 0 aliphatic rings. The van der Waals surface area contributed by atoms with Crippen molar-refractivity contribution in [2.45, 2.75) is 36.7 Å². The molecule has 8 nitrogen and oxygen atoms in total. The van der Waals surface area contributed by atoms with E-state index in [1.807, 2.05) is 0 Å². The first-order valence-corrected chi connectivity index (χ1v) is 10.7. The Hall–Kier alpha value is -3.29. The van der Waals surface area contributed by atoms with Gasteiger partial charge in [-0.3, -0.25) is 4.79 Å². The lowest BCUT2D eigenvalue weighted by Crippen LogP contribution is -2.21. The summed E-state index contributed by atoms with van der Waals surface area (Å²) in [4.78, 5) is 12.8. The van der Waals surface area contributed by atoms with Crippen LogP contribution < -0.4 is 5.32 Å². The summed E-state index contributed by atoms with van der Waals surface area (Å²) in [6.07, 6.45) is 3.46. The van der Waals surface area contributed by atoms with Crippen molar-refractivity contribution in [3.8, 4) is 6.07 Å². The predicted octanol–water partition coefficient (Wildman–Crippen LogP) is 2.94. The number of nitriles is 1. The van der Waals surface area contributed by atoms with E-state index < -0.39 is 27.3 Å². The molecular weight excluding hydrogens is 423 g/mol. The molecule has 31 heavy (non-hydrogen) atoms. The summed E-state index contributed by atoms with van der Waals surface area (Å²) in [7, 11) is -2.58. The monoisotopic (exact) mass is 446 g/mol. The van der Waals surface area contributed by atoms with Crippen molar-refractivity contribution in [2.75, 3.05) is 5.32 Å². The molecular formula is C21H23FN4O4S. The highest BCUT2D eigenvalue weighted by Gasteiger charge is 2.28. The van der Waals surface area contributed by atoms with E-state index in [1.165, 1.54) is 36.0 Å². The van der Waals surface area contributed by atoms with E-state index >= 15 is 0 Å². The number of hydrogen-bond acceptors (Lipinski definition) is 5. The van der Waals surface area contributed by atoms with Gasteiger partial charge >= 0.3 is 0 Å². The zero-order valence-corrected chi connectivity index (χ0v) is 18.0. The topological polar surface area (TPSA) is 125 Å². The largest absolute Gasteiger partial charge is 0.386 e. The van der Waals surface area contributed by atoms with Gasteiger partial charge < -0.3 is 15.0 Å². The van der Waals surface area contributed by atoms with Gasteiger partial charge in [0.2, 0.25) is 0 Å². The first kappa shape index (κ1) is 24.0. The van der Waals surface area contributed by atoms with E-state index in [0.717, 1.165) is 6.07 Å². The maximum atomic E-state index is 13.5. The molecule has 1 heterocycles. The molecule has 0 unspecified atom stereocenters. The second-order valence-electron chi connectivity index (χ2n) is 7.21. The quantitative estimate of drug-likeness (QED) is 0.453. The number of aromatic nitrogens is 1. The fraction of sp³-hybridized carbons (Fsp3) is 0.286. The van der Waals surface area contributed by atoms with Crippen LogP contribution >= 0.6 is 0 Å². The molecule has 0 bridgehead atoms. The maximum absolute atomic E-state index is 13.5. The normalized spacial score (nSPS) is 13.1. The van der Waals surface area contributed by atoms with Crippen molar-refractivity contribution >= 4 is 28.3 Å². The Morgan fingerprint density at radius 2 is 2.16 bits per heavy atom. The van der Waals surface area contributed by atoms with Crippen LogP contribution in [-0.2, 0) is 23.5 Å². The van der Waals surface area contributed by atoms with Crippen LogP contribution in [0, 0.1) is 17.1 Å². The highest BCUT2D eigenvalue weighted by molar-refractivity contribution is 7.90. The molecule has 2 N–H and O–H groups in total. The molecule has 2 rings (SSSR count). The summed E-state index contributed by atoms with van der Waals surface area (Å²) in [5.74, 6) is -1.37. The Morgan fingerprint density at radius 3 is 2.74 bits per heavy atom. The molecule has 0 saturated heterocycles. The van der Waals surface area contributed by atoms with Crippen LogP contribution in [-0.4, -0.2) is 36.3 Å². The molecule has 0 aliphatic heterocycles. The number of sulfonamides is 1. The number of carbonyl (C=O) groups excluding carboxylic acids is 1. The molecule has 164 valence electrons. The van der Waals surface area contributed by atoms with Crippen LogP contribution in [0.5, 0.6) is 0 Å². The zero-order chi connectivity index (χ0) is 23.4. The summed E-state index contributed by atoms with van der Waals surface area (Å²) in [6, 6.07) is 5.21. The molecule has 0 radical (unpaired) electrons. The SMILES string of the molecule is C=C[C@](C)(O)CCCc1c(S(=O)(=O)N=C)cn(C)c1C(=O)Nc1ccc(F)c(C#N)c1. The molecule has 1 aromatic carbocycles. The number of benzene rings is 1. The van der Waals surface area contributed by atoms with Crippen molar-refractivity contribution in [2.24, 2.45) is 11.4 Å². The summed E-state index contributed by atoms with van der Waals surface area (Å²) in [5.41, 5.74) is -0.931. The maximum Gasteiger partial charge on any atom is 0.283 e. The van der Waals surface area contributed by atoms with Gasteiger partial charge in [-0.2, -0.15) is 18.1 Å². The molecule has 0 fully saturated rings. The van der Waals surface area contributed by atoms with Crippen LogP contribution in [0.4, 0.5) is 10.1 Å². The van der Waals surface area contributed by atoms with Crippen molar-refractivity contribution < 1.29 is 22.7 Å². The third-order valence-corrected chi connectivity index (χ3v) is 6.05. The number of anilines is 1. The van der Waals surface area contributed by atoms with Crippen LogP contribution in [0.1, 0.15) is 41.4 Å². The van der Waals surface area contributed by atoms with Crippen LogP contribution in [0.25, 0.3) is 0 Å². The Bertz CT molecular complexity index is 1180. The van der Waals surface area contributed by atoms with Crippen LogP contribution in [0.3, 0.4) is 0 Å². The lowest BCUT2D eigenvalue weighted by molar-refractivity contribution is 0.0997. The van der Waals surface area contributed by atoms with Gasteiger partial charge in [0.1, 0.15) is 22.5 Å². The highest BCUT2D eigenvalue weighted by atomic mass is 32.2. The molecule has 1 atom stereocenters. The molecule has 0 spiro atoms. The van der Waals surface area contributed by atoms with E-state index in [0.29, 0.717) is 6.42 Å². The number of aryl methyl sites for hydroxylation is 1. The number of amides is 1. The minimum Gasteiger partial charge on any atom is -0.386 e. The molecule has 10 heteroatoms. The third kappa shape index (κ3) is 5.45. The van der Waals surface area contributed by atoms with E-state index in [2.05, 4.69) is 23.0 Å². The minimum absolute atomic E-state index is 0.0586. The summed E-state index contributed by atoms with van der Waals surface area (Å²) < 4.78 is 42.9. The average molecular weight is 447 g/mol. The number of carbonyl (C=O) groups is 1. The second-order valence-corrected chi connectivity index (χ2v) is 8.86. The van der Waals surface area contributed by atoms with Gasteiger partial charge in [-0.15, -0.1) is 6.58 Å². The number of rotatable bonds is 9. The average Bonchev–Trinajstić information content (AvgIpc) is 3.06. The first-order chi connectivity index (χ1) is 14.5. The number of halogens is 1. The fourth-order valence-electron chi connectivity index (χ4n) is 3.08. The number of aliphatic hydroxyl groups is 1. The standard InChI is InChI=1S/C21H23FN4O4S/c1-5-21(2,28)10-6-7-16-18(31(29,30)24-3)13-26(4)19(16)20(27)25-15-8-9-17(22)14(11-15)12-23/h5,8-9,11,13,28H,1,3,6-7,10H2,2,4H3,(H,25,27)/t21-/m0/s1. The third-order valence-electron chi connectivity index (χ3n) is 4.80.